The Morgan fingerprint density at radius 1 is 1.43 bits per heavy atom. The van der Waals surface area contributed by atoms with E-state index in [1.165, 1.54) is 0 Å². The van der Waals surface area contributed by atoms with Crippen LogP contribution in [0.1, 0.15) is 36.9 Å². The number of hydrogen-bond acceptors (Lipinski definition) is 7. The molecule has 0 aromatic carbocycles. The summed E-state index contributed by atoms with van der Waals surface area (Å²) in [5, 5.41) is 3.46. The summed E-state index contributed by atoms with van der Waals surface area (Å²) >= 11 is 1.02. The van der Waals surface area contributed by atoms with Crippen molar-refractivity contribution in [1.29, 1.82) is 0 Å². The molecule has 21 heavy (non-hydrogen) atoms. The van der Waals surface area contributed by atoms with Gasteiger partial charge in [0.1, 0.15) is 14.8 Å². The predicted molar refractivity (Wildman–Crippen MR) is 85.7 cm³/mol. The first-order valence-corrected chi connectivity index (χ1v) is 9.42. The average molecular weight is 334 g/mol. The summed E-state index contributed by atoms with van der Waals surface area (Å²) in [6.07, 6.45) is 1.96. The van der Waals surface area contributed by atoms with Crippen LogP contribution in [-0.2, 0) is 14.6 Å². The van der Waals surface area contributed by atoms with E-state index in [0.717, 1.165) is 24.0 Å². The first-order chi connectivity index (χ1) is 9.68. The number of anilines is 2. The first kappa shape index (κ1) is 17.8. The number of sulfone groups is 1. The monoisotopic (exact) mass is 334 g/mol. The zero-order valence-corrected chi connectivity index (χ0v) is 14.4. The molecule has 1 heterocycles. The van der Waals surface area contributed by atoms with Gasteiger partial charge in [0.25, 0.3) is 0 Å². The lowest BCUT2D eigenvalue weighted by molar-refractivity contribution is 0.0533. The third-order valence-corrected chi connectivity index (χ3v) is 5.18. The van der Waals surface area contributed by atoms with Crippen LogP contribution in [0.15, 0.2) is 4.90 Å². The summed E-state index contributed by atoms with van der Waals surface area (Å²) in [7, 11) is -3.53. The second kappa shape index (κ2) is 7.13. The Labute approximate surface area is 129 Å². The summed E-state index contributed by atoms with van der Waals surface area (Å²) < 4.78 is 28.7. The number of nitrogens with one attached hydrogen (secondary N) is 1. The van der Waals surface area contributed by atoms with E-state index in [0.29, 0.717) is 17.5 Å². The maximum atomic E-state index is 11.9. The number of carbonyl (C=O) groups is 1. The molecule has 0 radical (unpaired) electrons. The summed E-state index contributed by atoms with van der Waals surface area (Å²) in [6.45, 7) is 6.65. The van der Waals surface area contributed by atoms with Gasteiger partial charge in [0.2, 0.25) is 0 Å². The van der Waals surface area contributed by atoms with Crippen molar-refractivity contribution in [2.45, 2.75) is 32.1 Å². The minimum absolute atomic E-state index is 0.0145. The van der Waals surface area contributed by atoms with Gasteiger partial charge in [-0.05, 0) is 19.3 Å². The van der Waals surface area contributed by atoms with E-state index in [2.05, 4.69) is 19.2 Å². The van der Waals surface area contributed by atoms with Gasteiger partial charge < -0.3 is 15.8 Å². The Balaban J connectivity index is 3.16. The highest BCUT2D eigenvalue weighted by Crippen LogP contribution is 2.39. The molecule has 0 saturated heterocycles. The van der Waals surface area contributed by atoms with Crippen LogP contribution >= 0.6 is 11.3 Å². The van der Waals surface area contributed by atoms with Crippen molar-refractivity contribution in [2.75, 3.05) is 30.5 Å². The molecule has 0 atom stereocenters. The van der Waals surface area contributed by atoms with Gasteiger partial charge in [-0.25, -0.2) is 13.2 Å². The van der Waals surface area contributed by atoms with Crippen LogP contribution in [0.25, 0.3) is 0 Å². The fraction of sp³-hybridized carbons (Fsp3) is 0.615. The molecule has 0 fully saturated rings. The van der Waals surface area contributed by atoms with Crippen LogP contribution in [0.3, 0.4) is 0 Å². The summed E-state index contributed by atoms with van der Waals surface area (Å²) in [5.41, 5.74) is 5.81. The molecule has 0 amide bonds. The number of carbonyl (C=O) groups excluding carboxylic acids is 1. The van der Waals surface area contributed by atoms with Crippen LogP contribution in [0.2, 0.25) is 0 Å². The lowest BCUT2D eigenvalue weighted by atomic mass is 10.1. The molecule has 0 unspecified atom stereocenters. The predicted octanol–water partition coefficient (Wildman–Crippen LogP) is 2.37. The highest BCUT2D eigenvalue weighted by molar-refractivity contribution is 7.91. The Morgan fingerprint density at radius 3 is 2.52 bits per heavy atom. The zero-order chi connectivity index (χ0) is 16.2. The molecular formula is C13H22N2O4S2. The number of rotatable bonds is 7. The van der Waals surface area contributed by atoms with Gasteiger partial charge in [0, 0.05) is 12.8 Å². The fourth-order valence-electron chi connectivity index (χ4n) is 1.74. The quantitative estimate of drug-likeness (QED) is 0.743. The molecular weight excluding hydrogens is 312 g/mol. The largest absolute Gasteiger partial charge is 0.462 e. The Morgan fingerprint density at radius 2 is 2.05 bits per heavy atom. The fourth-order valence-corrected chi connectivity index (χ4v) is 4.23. The van der Waals surface area contributed by atoms with Crippen molar-refractivity contribution >= 4 is 37.8 Å². The molecule has 3 N–H and O–H groups in total. The number of nitrogens with two attached hydrogens (primary N) is 1. The number of nitrogen functional groups attached to an aromatic ring is 1. The number of thiophene rings is 1. The van der Waals surface area contributed by atoms with Crippen molar-refractivity contribution in [3.8, 4) is 0 Å². The molecule has 0 bridgehead atoms. The van der Waals surface area contributed by atoms with Gasteiger partial charge in [0.05, 0.1) is 12.3 Å². The topological polar surface area (TPSA) is 98.5 Å². The van der Waals surface area contributed by atoms with Gasteiger partial charge >= 0.3 is 5.97 Å². The van der Waals surface area contributed by atoms with Gasteiger partial charge in [0.15, 0.2) is 9.84 Å². The SMILES string of the molecule is CCOC(=O)c1sc(NCCC(C)C)c(S(C)(=O)=O)c1N. The Bertz CT molecular complexity index is 606. The van der Waals surface area contributed by atoms with Crippen LogP contribution in [0.5, 0.6) is 0 Å². The van der Waals surface area contributed by atoms with Gasteiger partial charge in [-0.2, -0.15) is 0 Å². The molecule has 0 spiro atoms. The molecule has 0 aliphatic rings. The Hall–Kier alpha value is -1.28. The second-order valence-corrected chi connectivity index (χ2v) is 8.08. The summed E-state index contributed by atoms with van der Waals surface area (Å²) in [6, 6.07) is 0. The van der Waals surface area contributed by atoms with E-state index in [1.807, 2.05) is 0 Å². The average Bonchev–Trinajstić information content (AvgIpc) is 2.65. The van der Waals surface area contributed by atoms with Crippen molar-refractivity contribution in [3.63, 3.8) is 0 Å². The van der Waals surface area contributed by atoms with Crippen molar-refractivity contribution in [2.24, 2.45) is 5.92 Å². The smallest absolute Gasteiger partial charge is 0.350 e. The van der Waals surface area contributed by atoms with E-state index in [1.54, 1.807) is 6.92 Å². The maximum absolute atomic E-state index is 11.9. The highest BCUT2D eigenvalue weighted by Gasteiger charge is 2.27. The van der Waals surface area contributed by atoms with Gasteiger partial charge in [-0.1, -0.05) is 13.8 Å². The molecule has 120 valence electrons. The standard InChI is InChI=1S/C13H22N2O4S2/c1-5-19-13(16)10-9(14)11(21(4,17)18)12(20-10)15-7-6-8(2)3/h8,15H,5-7,14H2,1-4H3. The number of hydrogen-bond donors (Lipinski definition) is 2. The number of esters is 1. The lowest BCUT2D eigenvalue weighted by Gasteiger charge is -2.08. The Kier molecular flexibility index (Phi) is 6.03. The lowest BCUT2D eigenvalue weighted by Crippen LogP contribution is -2.09. The molecule has 1 rings (SSSR count). The molecule has 1 aromatic rings. The normalized spacial score (nSPS) is 11.7. The summed E-state index contributed by atoms with van der Waals surface area (Å²) in [5.74, 6) is -0.108. The minimum atomic E-state index is -3.53. The zero-order valence-electron chi connectivity index (χ0n) is 12.7. The van der Waals surface area contributed by atoms with Crippen LogP contribution in [0, 0.1) is 5.92 Å². The molecule has 6 nitrogen and oxygen atoms in total. The van der Waals surface area contributed by atoms with Crippen LogP contribution < -0.4 is 11.1 Å². The van der Waals surface area contributed by atoms with E-state index in [4.69, 9.17) is 10.5 Å². The first-order valence-electron chi connectivity index (χ1n) is 6.71. The molecule has 0 aliphatic heterocycles. The van der Waals surface area contributed by atoms with Crippen molar-refractivity contribution < 1.29 is 17.9 Å². The van der Waals surface area contributed by atoms with E-state index in [-0.39, 0.29) is 22.1 Å². The third-order valence-electron chi connectivity index (χ3n) is 2.74. The van der Waals surface area contributed by atoms with E-state index < -0.39 is 15.8 Å². The molecule has 8 heteroatoms. The van der Waals surface area contributed by atoms with Crippen molar-refractivity contribution in [1.82, 2.24) is 0 Å². The highest BCUT2D eigenvalue weighted by atomic mass is 32.2. The van der Waals surface area contributed by atoms with E-state index in [9.17, 15) is 13.2 Å². The maximum Gasteiger partial charge on any atom is 0.350 e. The molecule has 0 aliphatic carbocycles. The second-order valence-electron chi connectivity index (χ2n) is 5.11. The van der Waals surface area contributed by atoms with Crippen LogP contribution in [-0.4, -0.2) is 33.8 Å². The van der Waals surface area contributed by atoms with Gasteiger partial charge in [-0.15, -0.1) is 11.3 Å². The minimum Gasteiger partial charge on any atom is -0.462 e. The third kappa shape index (κ3) is 4.60. The molecule has 1 aromatic heterocycles. The van der Waals surface area contributed by atoms with Gasteiger partial charge in [-0.3, -0.25) is 0 Å². The molecule has 0 saturated carbocycles. The summed E-state index contributed by atoms with van der Waals surface area (Å²) in [4.78, 5) is 11.9. The number of ether oxygens (including phenoxy) is 1. The van der Waals surface area contributed by atoms with Crippen molar-refractivity contribution in [3.05, 3.63) is 4.88 Å². The van der Waals surface area contributed by atoms with Crippen LogP contribution in [0.4, 0.5) is 10.7 Å². The van der Waals surface area contributed by atoms with E-state index >= 15 is 0 Å².